The third-order valence-corrected chi connectivity index (χ3v) is 6.14. The molecule has 0 aliphatic carbocycles. The van der Waals surface area contributed by atoms with Crippen molar-refractivity contribution in [3.05, 3.63) is 89.4 Å². The number of benzene rings is 2. The lowest BCUT2D eigenvalue weighted by Gasteiger charge is -2.36. The summed E-state index contributed by atoms with van der Waals surface area (Å²) < 4.78 is 13.0. The molecule has 1 aliphatic rings. The van der Waals surface area contributed by atoms with Gasteiger partial charge in [0.2, 0.25) is 5.91 Å². The highest BCUT2D eigenvalue weighted by molar-refractivity contribution is 7.99. The molecule has 0 atom stereocenters. The molecule has 4 rings (SSSR count). The number of aromatic nitrogens is 1. The molecule has 1 amide bonds. The van der Waals surface area contributed by atoms with Crippen molar-refractivity contribution in [3.8, 4) is 0 Å². The van der Waals surface area contributed by atoms with Crippen LogP contribution in [0.5, 0.6) is 0 Å². The van der Waals surface area contributed by atoms with E-state index in [4.69, 9.17) is 0 Å². The van der Waals surface area contributed by atoms with Crippen LogP contribution in [0.25, 0.3) is 0 Å². The predicted octanol–water partition coefficient (Wildman–Crippen LogP) is 4.82. The van der Waals surface area contributed by atoms with E-state index in [0.29, 0.717) is 18.1 Å². The van der Waals surface area contributed by atoms with Crippen molar-refractivity contribution in [2.24, 2.45) is 0 Å². The summed E-state index contributed by atoms with van der Waals surface area (Å²) >= 11 is 1.55. The summed E-state index contributed by atoms with van der Waals surface area (Å²) in [7, 11) is 0. The van der Waals surface area contributed by atoms with Gasteiger partial charge in [-0.05, 0) is 42.3 Å². The van der Waals surface area contributed by atoms with Gasteiger partial charge in [-0.2, -0.15) is 0 Å². The predicted molar refractivity (Wildman–Crippen MR) is 121 cm³/mol. The van der Waals surface area contributed by atoms with Crippen molar-refractivity contribution in [2.75, 3.05) is 28.6 Å². The molecular weight excluding hydrogens is 397 g/mol. The second kappa shape index (κ2) is 9.30. The molecule has 30 heavy (non-hydrogen) atoms. The minimum absolute atomic E-state index is 0.0753. The Morgan fingerprint density at radius 3 is 2.53 bits per heavy atom. The number of hydrogen-bond acceptors (Lipinski definition) is 4. The lowest BCUT2D eigenvalue weighted by Crippen LogP contribution is -2.45. The topological polar surface area (TPSA) is 36.4 Å². The number of rotatable bonds is 6. The normalized spacial score (nSPS) is 13.3. The van der Waals surface area contributed by atoms with Crippen LogP contribution in [-0.4, -0.2) is 29.7 Å². The van der Waals surface area contributed by atoms with E-state index in [9.17, 15) is 9.18 Å². The number of thioether (sulfide) groups is 1. The van der Waals surface area contributed by atoms with Crippen molar-refractivity contribution in [1.29, 1.82) is 0 Å². The molecule has 0 saturated carbocycles. The van der Waals surface area contributed by atoms with E-state index >= 15 is 0 Å². The molecule has 2 aromatic carbocycles. The van der Waals surface area contributed by atoms with E-state index in [1.807, 2.05) is 17.0 Å². The van der Waals surface area contributed by atoms with Gasteiger partial charge in [-0.1, -0.05) is 42.0 Å². The maximum Gasteiger partial charge on any atom is 0.237 e. The van der Waals surface area contributed by atoms with Crippen LogP contribution in [0.3, 0.4) is 0 Å². The second-order valence-electron chi connectivity index (χ2n) is 7.42. The van der Waals surface area contributed by atoms with Gasteiger partial charge in [0.15, 0.2) is 5.82 Å². The van der Waals surface area contributed by atoms with Crippen LogP contribution in [0.15, 0.2) is 66.9 Å². The molecular formula is C24H24FN3OS. The zero-order chi connectivity index (χ0) is 20.9. The highest BCUT2D eigenvalue weighted by atomic mass is 32.2. The number of anilines is 2. The van der Waals surface area contributed by atoms with E-state index in [1.54, 1.807) is 30.1 Å². The van der Waals surface area contributed by atoms with Crippen molar-refractivity contribution in [1.82, 2.24) is 4.98 Å². The highest BCUT2D eigenvalue weighted by Crippen LogP contribution is 2.32. The van der Waals surface area contributed by atoms with Gasteiger partial charge in [-0.15, -0.1) is 11.8 Å². The Balaban J connectivity index is 1.41. The molecule has 1 aliphatic heterocycles. The third-order valence-electron chi connectivity index (χ3n) is 5.15. The summed E-state index contributed by atoms with van der Waals surface area (Å²) in [5.41, 5.74) is 4.35. The molecule has 0 fully saturated rings. The Morgan fingerprint density at radius 1 is 1.03 bits per heavy atom. The number of amides is 1. The van der Waals surface area contributed by atoms with E-state index < -0.39 is 0 Å². The van der Waals surface area contributed by atoms with Crippen molar-refractivity contribution < 1.29 is 9.18 Å². The van der Waals surface area contributed by atoms with Gasteiger partial charge in [-0.25, -0.2) is 9.37 Å². The number of pyridine rings is 1. The Labute approximate surface area is 180 Å². The van der Waals surface area contributed by atoms with Gasteiger partial charge in [0.05, 0.1) is 11.4 Å². The summed E-state index contributed by atoms with van der Waals surface area (Å²) in [5.74, 6) is 1.74. The number of aryl methyl sites for hydroxylation is 1. The number of hydrogen-bond donors (Lipinski definition) is 0. The average Bonchev–Trinajstić information content (AvgIpc) is 2.77. The minimum atomic E-state index is -0.243. The van der Waals surface area contributed by atoms with Crippen molar-refractivity contribution in [3.63, 3.8) is 0 Å². The quantitative estimate of drug-likeness (QED) is 0.572. The lowest BCUT2D eigenvalue weighted by molar-refractivity contribution is -0.116. The van der Waals surface area contributed by atoms with Crippen LogP contribution in [0.2, 0.25) is 0 Å². The highest BCUT2D eigenvalue weighted by Gasteiger charge is 2.27. The fraction of sp³-hybridized carbons (Fsp3) is 0.250. The molecule has 0 spiro atoms. The molecule has 3 aromatic rings. The number of fused-ring (bicyclic) bond motifs is 1. The third kappa shape index (κ3) is 4.82. The molecule has 1 aromatic heterocycles. The first-order valence-corrected chi connectivity index (χ1v) is 11.1. The SMILES string of the molecule is Cc1ccc(CN2CCN(C(=O)CSCc3ccc(F)cc3)c3cccnc32)cc1. The molecule has 2 heterocycles. The monoisotopic (exact) mass is 421 g/mol. The molecule has 154 valence electrons. The van der Waals surface area contributed by atoms with Gasteiger partial charge in [0.25, 0.3) is 0 Å². The zero-order valence-corrected chi connectivity index (χ0v) is 17.7. The summed E-state index contributed by atoms with van der Waals surface area (Å²) in [4.78, 5) is 21.5. The molecule has 0 saturated heterocycles. The number of nitrogens with zero attached hydrogens (tertiary/aromatic N) is 3. The van der Waals surface area contributed by atoms with Gasteiger partial charge < -0.3 is 9.80 Å². The van der Waals surface area contributed by atoms with Crippen LogP contribution >= 0.6 is 11.8 Å². The van der Waals surface area contributed by atoms with Crippen molar-refractivity contribution in [2.45, 2.75) is 19.2 Å². The fourth-order valence-electron chi connectivity index (χ4n) is 3.53. The Kier molecular flexibility index (Phi) is 6.33. The van der Waals surface area contributed by atoms with Gasteiger partial charge in [-0.3, -0.25) is 4.79 Å². The summed E-state index contributed by atoms with van der Waals surface area (Å²) in [5, 5.41) is 0. The Bertz CT molecular complexity index is 1010. The zero-order valence-electron chi connectivity index (χ0n) is 16.9. The molecule has 6 heteroatoms. The molecule has 0 N–H and O–H groups in total. The number of carbonyl (C=O) groups is 1. The van der Waals surface area contributed by atoms with E-state index in [0.717, 1.165) is 30.2 Å². The Morgan fingerprint density at radius 2 is 1.77 bits per heavy atom. The summed E-state index contributed by atoms with van der Waals surface area (Å²) in [6, 6.07) is 18.8. The van der Waals surface area contributed by atoms with Crippen LogP contribution in [0.1, 0.15) is 16.7 Å². The van der Waals surface area contributed by atoms with Gasteiger partial charge >= 0.3 is 0 Å². The Hall–Kier alpha value is -2.86. The first-order valence-electron chi connectivity index (χ1n) is 9.98. The van der Waals surface area contributed by atoms with E-state index in [-0.39, 0.29) is 11.7 Å². The molecule has 0 unspecified atom stereocenters. The first kappa shape index (κ1) is 20.4. The fourth-order valence-corrected chi connectivity index (χ4v) is 4.39. The second-order valence-corrected chi connectivity index (χ2v) is 8.40. The van der Waals surface area contributed by atoms with Gasteiger partial charge in [0.1, 0.15) is 5.82 Å². The van der Waals surface area contributed by atoms with Crippen LogP contribution < -0.4 is 9.80 Å². The molecule has 0 bridgehead atoms. The molecule has 4 nitrogen and oxygen atoms in total. The minimum Gasteiger partial charge on any atom is -0.349 e. The molecule has 0 radical (unpaired) electrons. The van der Waals surface area contributed by atoms with Crippen LogP contribution in [0, 0.1) is 12.7 Å². The van der Waals surface area contributed by atoms with Crippen LogP contribution in [0.4, 0.5) is 15.9 Å². The first-order chi connectivity index (χ1) is 14.6. The van der Waals surface area contributed by atoms with E-state index in [1.165, 1.54) is 23.3 Å². The smallest absolute Gasteiger partial charge is 0.237 e. The maximum atomic E-state index is 13.0. The maximum absolute atomic E-state index is 13.0. The van der Waals surface area contributed by atoms with Gasteiger partial charge in [0, 0.05) is 31.6 Å². The number of carbonyl (C=O) groups excluding carboxylic acids is 1. The number of halogens is 1. The standard InChI is InChI=1S/C24H24FN3OS/c1-18-4-6-19(7-5-18)15-27-13-14-28(22-3-2-12-26-24(22)27)23(29)17-30-16-20-8-10-21(25)11-9-20/h2-12H,13-17H2,1H3. The average molecular weight is 422 g/mol. The largest absolute Gasteiger partial charge is 0.349 e. The summed E-state index contributed by atoms with van der Waals surface area (Å²) in [6.45, 7) is 4.23. The summed E-state index contributed by atoms with van der Waals surface area (Å²) in [6.07, 6.45) is 1.78. The van der Waals surface area contributed by atoms with Crippen molar-refractivity contribution >= 4 is 29.2 Å². The van der Waals surface area contributed by atoms with Crippen LogP contribution in [-0.2, 0) is 17.1 Å². The van der Waals surface area contributed by atoms with E-state index in [2.05, 4.69) is 41.1 Å². The lowest BCUT2D eigenvalue weighted by atomic mass is 10.1.